The molecule has 2 heterocycles. The molecule has 1 atom stereocenters. The summed E-state index contributed by atoms with van der Waals surface area (Å²) in [4.78, 5) is 20.9. The second-order valence-corrected chi connectivity index (χ2v) is 5.36. The van der Waals surface area contributed by atoms with Crippen molar-refractivity contribution in [2.45, 2.75) is 6.10 Å². The highest BCUT2D eigenvalue weighted by molar-refractivity contribution is 6.30. The van der Waals surface area contributed by atoms with Crippen molar-refractivity contribution in [1.29, 1.82) is 0 Å². The molecule has 1 aromatic heterocycles. The Kier molecular flexibility index (Phi) is 4.22. The van der Waals surface area contributed by atoms with E-state index in [1.807, 2.05) is 29.2 Å². The zero-order chi connectivity index (χ0) is 15.5. The van der Waals surface area contributed by atoms with Crippen LogP contribution in [0.1, 0.15) is 22.2 Å². The van der Waals surface area contributed by atoms with E-state index in [0.29, 0.717) is 30.5 Å². The van der Waals surface area contributed by atoms with Gasteiger partial charge in [-0.15, -0.1) is 0 Å². The Labute approximate surface area is 132 Å². The van der Waals surface area contributed by atoms with Crippen LogP contribution in [-0.4, -0.2) is 40.7 Å². The van der Waals surface area contributed by atoms with Crippen molar-refractivity contribution in [3.63, 3.8) is 0 Å². The van der Waals surface area contributed by atoms with Crippen LogP contribution in [0.25, 0.3) is 0 Å². The van der Waals surface area contributed by atoms with Gasteiger partial charge < -0.3 is 14.7 Å². The molecule has 1 aliphatic heterocycles. The van der Waals surface area contributed by atoms with Gasteiger partial charge in [-0.3, -0.25) is 0 Å². The topological polar surface area (TPSA) is 75.5 Å². The van der Waals surface area contributed by atoms with E-state index in [1.54, 1.807) is 0 Å². The summed E-state index contributed by atoms with van der Waals surface area (Å²) in [5, 5.41) is 9.54. The van der Waals surface area contributed by atoms with Crippen molar-refractivity contribution in [3.8, 4) is 0 Å². The van der Waals surface area contributed by atoms with Crippen molar-refractivity contribution in [1.82, 2.24) is 9.97 Å². The number of nitrogens with zero attached hydrogens (tertiary/aromatic N) is 3. The fourth-order valence-corrected chi connectivity index (χ4v) is 2.46. The third-order valence-electron chi connectivity index (χ3n) is 3.49. The second-order valence-electron chi connectivity index (χ2n) is 4.92. The van der Waals surface area contributed by atoms with Gasteiger partial charge in [0.1, 0.15) is 11.9 Å². The number of carbonyl (C=O) groups is 1. The van der Waals surface area contributed by atoms with Gasteiger partial charge >= 0.3 is 5.97 Å². The lowest BCUT2D eigenvalue weighted by Gasteiger charge is -2.33. The van der Waals surface area contributed by atoms with Crippen molar-refractivity contribution in [2.24, 2.45) is 0 Å². The number of ether oxygens (including phenoxy) is 1. The normalized spacial score (nSPS) is 18.2. The van der Waals surface area contributed by atoms with E-state index in [2.05, 4.69) is 9.97 Å². The first kappa shape index (κ1) is 14.7. The Morgan fingerprint density at radius 1 is 1.27 bits per heavy atom. The molecule has 1 N–H and O–H groups in total. The van der Waals surface area contributed by atoms with Crippen molar-refractivity contribution >= 4 is 23.4 Å². The molecule has 114 valence electrons. The van der Waals surface area contributed by atoms with E-state index < -0.39 is 5.97 Å². The molecular weight excluding hydrogens is 306 g/mol. The van der Waals surface area contributed by atoms with E-state index in [1.165, 1.54) is 12.4 Å². The van der Waals surface area contributed by atoms with Gasteiger partial charge in [0.25, 0.3) is 0 Å². The lowest BCUT2D eigenvalue weighted by atomic mass is 10.1. The molecule has 22 heavy (non-hydrogen) atoms. The van der Waals surface area contributed by atoms with Gasteiger partial charge in [0, 0.05) is 18.1 Å². The SMILES string of the molecule is O=C(O)c1cnc(N2CCO[C@H](c3ccc(Cl)cc3)C2)cn1. The predicted octanol–water partition coefficient (Wildman–Crippen LogP) is 2.41. The van der Waals surface area contributed by atoms with Crippen LogP contribution in [0.4, 0.5) is 5.82 Å². The summed E-state index contributed by atoms with van der Waals surface area (Å²) in [6, 6.07) is 7.55. The van der Waals surface area contributed by atoms with Crippen LogP contribution >= 0.6 is 11.6 Å². The Morgan fingerprint density at radius 3 is 2.68 bits per heavy atom. The molecule has 6 nitrogen and oxygen atoms in total. The number of aromatic nitrogens is 2. The molecule has 0 amide bonds. The summed E-state index contributed by atoms with van der Waals surface area (Å²) in [5.74, 6) is -0.438. The van der Waals surface area contributed by atoms with Gasteiger partial charge in [-0.1, -0.05) is 23.7 Å². The summed E-state index contributed by atoms with van der Waals surface area (Å²) in [7, 11) is 0. The van der Waals surface area contributed by atoms with Crippen molar-refractivity contribution < 1.29 is 14.6 Å². The number of morpholine rings is 1. The molecule has 7 heteroatoms. The quantitative estimate of drug-likeness (QED) is 0.936. The highest BCUT2D eigenvalue weighted by Gasteiger charge is 2.23. The average Bonchev–Trinajstić information content (AvgIpc) is 2.56. The molecule has 1 aromatic carbocycles. The molecular formula is C15H14ClN3O3. The zero-order valence-electron chi connectivity index (χ0n) is 11.6. The predicted molar refractivity (Wildman–Crippen MR) is 81.3 cm³/mol. The van der Waals surface area contributed by atoms with Crippen molar-refractivity contribution in [3.05, 3.63) is 52.9 Å². The highest BCUT2D eigenvalue weighted by atomic mass is 35.5. The number of hydrogen-bond donors (Lipinski definition) is 1. The fourth-order valence-electron chi connectivity index (χ4n) is 2.33. The maximum atomic E-state index is 10.8. The van der Waals surface area contributed by atoms with E-state index >= 15 is 0 Å². The first-order valence-electron chi connectivity index (χ1n) is 6.81. The molecule has 1 aliphatic rings. The maximum Gasteiger partial charge on any atom is 0.356 e. The number of aromatic carboxylic acids is 1. The third kappa shape index (κ3) is 3.18. The number of rotatable bonds is 3. The smallest absolute Gasteiger partial charge is 0.356 e. The van der Waals surface area contributed by atoms with Crippen LogP contribution in [0.5, 0.6) is 0 Å². The van der Waals surface area contributed by atoms with E-state index in [9.17, 15) is 4.79 Å². The Balaban J connectivity index is 1.75. The number of carboxylic acids is 1. The lowest BCUT2D eigenvalue weighted by Crippen LogP contribution is -2.39. The summed E-state index contributed by atoms with van der Waals surface area (Å²) in [6.45, 7) is 1.88. The number of hydrogen-bond acceptors (Lipinski definition) is 5. The summed E-state index contributed by atoms with van der Waals surface area (Å²) in [5.41, 5.74) is 0.982. The minimum Gasteiger partial charge on any atom is -0.476 e. The number of halogens is 1. The zero-order valence-corrected chi connectivity index (χ0v) is 12.4. The minimum absolute atomic E-state index is 0.0636. The summed E-state index contributed by atoms with van der Waals surface area (Å²) < 4.78 is 5.79. The molecule has 3 rings (SSSR count). The molecule has 0 saturated carbocycles. The largest absolute Gasteiger partial charge is 0.476 e. The first-order valence-corrected chi connectivity index (χ1v) is 7.18. The van der Waals surface area contributed by atoms with Crippen LogP contribution in [0.3, 0.4) is 0 Å². The molecule has 0 bridgehead atoms. The molecule has 0 radical (unpaired) electrons. The lowest BCUT2D eigenvalue weighted by molar-refractivity contribution is 0.0395. The minimum atomic E-state index is -1.08. The van der Waals surface area contributed by atoms with Gasteiger partial charge in [-0.25, -0.2) is 14.8 Å². The fraction of sp³-hybridized carbons (Fsp3) is 0.267. The van der Waals surface area contributed by atoms with Crippen molar-refractivity contribution in [2.75, 3.05) is 24.6 Å². The molecule has 0 spiro atoms. The molecule has 0 unspecified atom stereocenters. The van der Waals surface area contributed by atoms with E-state index in [4.69, 9.17) is 21.4 Å². The first-order chi connectivity index (χ1) is 10.6. The molecule has 0 aliphatic carbocycles. The Hall–Kier alpha value is -2.18. The van der Waals surface area contributed by atoms with Gasteiger partial charge in [-0.05, 0) is 17.7 Å². The molecule has 1 saturated heterocycles. The standard InChI is InChI=1S/C15H14ClN3O3/c16-11-3-1-10(2-4-11)13-9-19(5-6-22-13)14-8-17-12(7-18-14)15(20)21/h1-4,7-8,13H,5-6,9H2,(H,20,21)/t13-/m0/s1. The van der Waals surface area contributed by atoms with Gasteiger partial charge in [0.2, 0.25) is 0 Å². The summed E-state index contributed by atoms with van der Waals surface area (Å²) in [6.07, 6.45) is 2.67. The monoisotopic (exact) mass is 319 g/mol. The molecule has 1 fully saturated rings. The number of carboxylic acid groups (broad SMARTS) is 1. The van der Waals surface area contributed by atoms with Crippen LogP contribution in [0.2, 0.25) is 5.02 Å². The number of anilines is 1. The van der Waals surface area contributed by atoms with E-state index in [-0.39, 0.29) is 11.8 Å². The summed E-state index contributed by atoms with van der Waals surface area (Å²) >= 11 is 5.90. The van der Waals surface area contributed by atoms with Crippen LogP contribution in [0.15, 0.2) is 36.7 Å². The average molecular weight is 320 g/mol. The third-order valence-corrected chi connectivity index (χ3v) is 3.74. The van der Waals surface area contributed by atoms with Crippen LogP contribution in [0, 0.1) is 0 Å². The van der Waals surface area contributed by atoms with Gasteiger partial charge in [0.05, 0.1) is 19.0 Å². The van der Waals surface area contributed by atoms with Gasteiger partial charge in [-0.2, -0.15) is 0 Å². The second kappa shape index (κ2) is 6.29. The Bertz CT molecular complexity index is 661. The van der Waals surface area contributed by atoms with E-state index in [0.717, 1.165) is 5.56 Å². The maximum absolute atomic E-state index is 10.8. The van der Waals surface area contributed by atoms with Crippen LogP contribution in [-0.2, 0) is 4.74 Å². The Morgan fingerprint density at radius 2 is 2.05 bits per heavy atom. The highest BCUT2D eigenvalue weighted by Crippen LogP contribution is 2.25. The molecule has 2 aromatic rings. The number of benzene rings is 1. The van der Waals surface area contributed by atoms with Gasteiger partial charge in [0.15, 0.2) is 5.69 Å². The van der Waals surface area contributed by atoms with Crippen LogP contribution < -0.4 is 4.90 Å².